The van der Waals surface area contributed by atoms with Crippen LogP contribution < -0.4 is 5.32 Å². The van der Waals surface area contributed by atoms with Crippen LogP contribution in [0.1, 0.15) is 70.3 Å². The lowest BCUT2D eigenvalue weighted by Crippen LogP contribution is -2.33. The zero-order chi connectivity index (χ0) is 16.5. The highest BCUT2D eigenvalue weighted by Crippen LogP contribution is 2.25. The highest BCUT2D eigenvalue weighted by molar-refractivity contribution is 5.91. The van der Waals surface area contributed by atoms with E-state index in [4.69, 9.17) is 0 Å². The molecule has 2 rings (SSSR count). The average Bonchev–Trinajstić information content (AvgIpc) is 2.57. The van der Waals surface area contributed by atoms with Crippen LogP contribution in [0.3, 0.4) is 0 Å². The second-order valence-electron chi connectivity index (χ2n) is 6.87. The zero-order valence-electron chi connectivity index (χ0n) is 14.8. The van der Waals surface area contributed by atoms with Crippen LogP contribution in [0.25, 0.3) is 0 Å². The standard InChI is InChI=1S/C20H32N2O/c1-3-4-6-15-20(23)21-19-14-10-9-11-17(19)16-22(2)18-12-7-5-8-13-18/h9-11,14,18H,3-8,12-13,15-16H2,1-2H3,(H,21,23). The van der Waals surface area contributed by atoms with Crippen LogP contribution >= 0.6 is 0 Å². The summed E-state index contributed by atoms with van der Waals surface area (Å²) in [5, 5.41) is 3.11. The van der Waals surface area contributed by atoms with Crippen LogP contribution in [0.15, 0.2) is 24.3 Å². The summed E-state index contributed by atoms with van der Waals surface area (Å²) in [6, 6.07) is 8.93. The van der Waals surface area contributed by atoms with Gasteiger partial charge >= 0.3 is 0 Å². The van der Waals surface area contributed by atoms with Crippen molar-refractivity contribution in [3.8, 4) is 0 Å². The van der Waals surface area contributed by atoms with Gasteiger partial charge in [-0.15, -0.1) is 0 Å². The fourth-order valence-corrected chi connectivity index (χ4v) is 3.45. The van der Waals surface area contributed by atoms with Crippen molar-refractivity contribution in [1.82, 2.24) is 4.90 Å². The fourth-order valence-electron chi connectivity index (χ4n) is 3.45. The lowest BCUT2D eigenvalue weighted by molar-refractivity contribution is -0.116. The number of hydrogen-bond donors (Lipinski definition) is 1. The molecule has 0 radical (unpaired) electrons. The van der Waals surface area contributed by atoms with Crippen molar-refractivity contribution in [3.63, 3.8) is 0 Å². The van der Waals surface area contributed by atoms with E-state index in [1.54, 1.807) is 0 Å². The second-order valence-corrected chi connectivity index (χ2v) is 6.87. The van der Waals surface area contributed by atoms with Gasteiger partial charge in [0.05, 0.1) is 0 Å². The number of nitrogens with zero attached hydrogens (tertiary/aromatic N) is 1. The Morgan fingerprint density at radius 1 is 1.17 bits per heavy atom. The topological polar surface area (TPSA) is 32.3 Å². The monoisotopic (exact) mass is 316 g/mol. The third kappa shape index (κ3) is 5.98. The SMILES string of the molecule is CCCCCC(=O)Nc1ccccc1CN(C)C1CCCCC1. The maximum absolute atomic E-state index is 12.1. The molecule has 1 saturated carbocycles. The van der Waals surface area contributed by atoms with Gasteiger partial charge in [-0.2, -0.15) is 0 Å². The highest BCUT2D eigenvalue weighted by atomic mass is 16.1. The van der Waals surface area contributed by atoms with Crippen molar-refractivity contribution in [2.45, 2.75) is 77.3 Å². The number of rotatable bonds is 8. The summed E-state index contributed by atoms with van der Waals surface area (Å²) in [7, 11) is 2.22. The van der Waals surface area contributed by atoms with Crippen LogP contribution in [0.4, 0.5) is 5.69 Å². The van der Waals surface area contributed by atoms with Gasteiger partial charge in [0.15, 0.2) is 0 Å². The first-order chi connectivity index (χ1) is 11.2. The van der Waals surface area contributed by atoms with Crippen molar-refractivity contribution in [2.24, 2.45) is 0 Å². The van der Waals surface area contributed by atoms with Crippen LogP contribution in [0.2, 0.25) is 0 Å². The molecular formula is C20H32N2O. The van der Waals surface area contributed by atoms with Crippen molar-refractivity contribution < 1.29 is 4.79 Å². The Morgan fingerprint density at radius 3 is 2.65 bits per heavy atom. The molecule has 0 saturated heterocycles. The minimum Gasteiger partial charge on any atom is -0.326 e. The highest BCUT2D eigenvalue weighted by Gasteiger charge is 2.19. The van der Waals surface area contributed by atoms with Gasteiger partial charge < -0.3 is 5.32 Å². The lowest BCUT2D eigenvalue weighted by Gasteiger charge is -2.31. The van der Waals surface area contributed by atoms with Gasteiger partial charge in [0.25, 0.3) is 0 Å². The number of benzene rings is 1. The van der Waals surface area contributed by atoms with Crippen LogP contribution in [0, 0.1) is 0 Å². The molecule has 128 valence electrons. The summed E-state index contributed by atoms with van der Waals surface area (Å²) >= 11 is 0. The van der Waals surface area contributed by atoms with Gasteiger partial charge in [0, 0.05) is 24.7 Å². The van der Waals surface area contributed by atoms with Crippen molar-refractivity contribution in [2.75, 3.05) is 12.4 Å². The zero-order valence-corrected chi connectivity index (χ0v) is 14.8. The van der Waals surface area contributed by atoms with Gasteiger partial charge in [-0.05, 0) is 37.9 Å². The van der Waals surface area contributed by atoms with E-state index in [1.807, 2.05) is 12.1 Å². The third-order valence-corrected chi connectivity index (χ3v) is 4.92. The van der Waals surface area contributed by atoms with Gasteiger partial charge in [-0.3, -0.25) is 9.69 Å². The number of hydrogen-bond acceptors (Lipinski definition) is 2. The summed E-state index contributed by atoms with van der Waals surface area (Å²) < 4.78 is 0. The molecule has 0 unspecified atom stereocenters. The number of carbonyl (C=O) groups is 1. The van der Waals surface area contributed by atoms with E-state index in [1.165, 1.54) is 37.7 Å². The Labute approximate surface area is 141 Å². The first kappa shape index (κ1) is 18.0. The molecule has 23 heavy (non-hydrogen) atoms. The van der Waals surface area contributed by atoms with E-state index in [0.717, 1.165) is 31.5 Å². The molecule has 1 N–H and O–H groups in total. The Balaban J connectivity index is 1.92. The molecule has 0 aromatic heterocycles. The minimum atomic E-state index is 0.145. The van der Waals surface area contributed by atoms with E-state index in [2.05, 4.69) is 36.3 Å². The molecule has 1 aromatic rings. The maximum Gasteiger partial charge on any atom is 0.224 e. The number of nitrogens with one attached hydrogen (secondary N) is 1. The molecular weight excluding hydrogens is 284 g/mol. The normalized spacial score (nSPS) is 15.8. The van der Waals surface area contributed by atoms with Gasteiger partial charge in [-0.1, -0.05) is 57.2 Å². The first-order valence-electron chi connectivity index (χ1n) is 9.28. The number of amides is 1. The molecule has 3 nitrogen and oxygen atoms in total. The number of para-hydroxylation sites is 1. The molecule has 3 heteroatoms. The van der Waals surface area contributed by atoms with Crippen LogP contribution in [-0.4, -0.2) is 23.9 Å². The predicted octanol–water partition coefficient (Wildman–Crippen LogP) is 4.97. The molecule has 1 fully saturated rings. The van der Waals surface area contributed by atoms with E-state index in [0.29, 0.717) is 12.5 Å². The summed E-state index contributed by atoms with van der Waals surface area (Å²) in [6.07, 6.45) is 10.6. The molecule has 0 heterocycles. The minimum absolute atomic E-state index is 0.145. The smallest absolute Gasteiger partial charge is 0.224 e. The molecule has 0 atom stereocenters. The van der Waals surface area contributed by atoms with Gasteiger partial charge in [0.1, 0.15) is 0 Å². The largest absolute Gasteiger partial charge is 0.326 e. The van der Waals surface area contributed by atoms with Crippen molar-refractivity contribution >= 4 is 11.6 Å². The average molecular weight is 316 g/mol. The number of anilines is 1. The summed E-state index contributed by atoms with van der Waals surface area (Å²) in [6.45, 7) is 3.07. The number of unbranched alkanes of at least 4 members (excludes halogenated alkanes) is 2. The first-order valence-corrected chi connectivity index (χ1v) is 9.28. The van der Waals surface area contributed by atoms with E-state index >= 15 is 0 Å². The summed E-state index contributed by atoms with van der Waals surface area (Å²) in [5.41, 5.74) is 2.21. The predicted molar refractivity (Wildman–Crippen MR) is 97.6 cm³/mol. The second kappa shape index (κ2) is 9.71. The van der Waals surface area contributed by atoms with Gasteiger partial charge in [0.2, 0.25) is 5.91 Å². The maximum atomic E-state index is 12.1. The summed E-state index contributed by atoms with van der Waals surface area (Å²) in [5.74, 6) is 0.145. The lowest BCUT2D eigenvalue weighted by atomic mass is 9.94. The van der Waals surface area contributed by atoms with Crippen LogP contribution in [0.5, 0.6) is 0 Å². The van der Waals surface area contributed by atoms with E-state index in [-0.39, 0.29) is 5.91 Å². The van der Waals surface area contributed by atoms with Crippen molar-refractivity contribution in [3.05, 3.63) is 29.8 Å². The van der Waals surface area contributed by atoms with Gasteiger partial charge in [-0.25, -0.2) is 0 Å². The Kier molecular flexibility index (Phi) is 7.60. The van der Waals surface area contributed by atoms with E-state index < -0.39 is 0 Å². The van der Waals surface area contributed by atoms with Crippen LogP contribution in [-0.2, 0) is 11.3 Å². The summed E-state index contributed by atoms with van der Waals surface area (Å²) in [4.78, 5) is 14.6. The molecule has 1 amide bonds. The fraction of sp³-hybridized carbons (Fsp3) is 0.650. The Morgan fingerprint density at radius 2 is 1.91 bits per heavy atom. The van der Waals surface area contributed by atoms with E-state index in [9.17, 15) is 4.79 Å². The molecule has 0 spiro atoms. The quantitative estimate of drug-likeness (QED) is 0.687. The van der Waals surface area contributed by atoms with Crippen molar-refractivity contribution in [1.29, 1.82) is 0 Å². The molecule has 1 aliphatic carbocycles. The molecule has 1 aliphatic rings. The third-order valence-electron chi connectivity index (χ3n) is 4.92. The number of carbonyl (C=O) groups excluding carboxylic acids is 1. The molecule has 1 aromatic carbocycles. The Hall–Kier alpha value is -1.35. The molecule has 0 aliphatic heterocycles. The Bertz CT molecular complexity index is 480. The molecule has 0 bridgehead atoms.